The van der Waals surface area contributed by atoms with Crippen LogP contribution < -0.4 is 20.1 Å². The van der Waals surface area contributed by atoms with Crippen molar-refractivity contribution in [2.75, 3.05) is 11.9 Å². The van der Waals surface area contributed by atoms with Gasteiger partial charge in [0.2, 0.25) is 40.0 Å². The van der Waals surface area contributed by atoms with Crippen LogP contribution in [0.1, 0.15) is 70.8 Å². The van der Waals surface area contributed by atoms with Crippen LogP contribution in [0.5, 0.6) is 5.88 Å². The molecule has 1 saturated heterocycles. The molecule has 2 aromatic carbocycles. The Labute approximate surface area is 333 Å². The number of para-hydroxylation sites is 2. The molecule has 2 saturated carbocycles. The number of nitrogens with zero attached hydrogens (tertiary/aromatic N) is 5. The predicted octanol–water partition coefficient (Wildman–Crippen LogP) is 4.65. The molecule has 6 bridgehead atoms. The minimum absolute atomic E-state index is 0.000587. The molecule has 4 heterocycles. The van der Waals surface area contributed by atoms with E-state index < -0.39 is 80.9 Å². The fraction of sp³-hybridized carbons (Fsp3) is 0.475. The van der Waals surface area contributed by atoms with Gasteiger partial charge in [-0.3, -0.25) is 19.1 Å². The third-order valence-electron chi connectivity index (χ3n) is 11.0. The average Bonchev–Trinajstić information content (AvgIpc) is 4.08. The van der Waals surface area contributed by atoms with E-state index in [2.05, 4.69) is 20.8 Å². The van der Waals surface area contributed by atoms with Crippen molar-refractivity contribution in [1.82, 2.24) is 35.1 Å². The number of sulfonamides is 1. The van der Waals surface area contributed by atoms with Gasteiger partial charge in [-0.2, -0.15) is 0 Å². The summed E-state index contributed by atoms with van der Waals surface area (Å²) in [6.07, 6.45) is 2.10. The Balaban J connectivity index is 1.18. The number of aryl methyl sites for hydroxylation is 1. The van der Waals surface area contributed by atoms with Gasteiger partial charge in [0.05, 0.1) is 28.7 Å². The van der Waals surface area contributed by atoms with Gasteiger partial charge in [-0.25, -0.2) is 27.2 Å². The van der Waals surface area contributed by atoms with Crippen molar-refractivity contribution in [2.24, 2.45) is 11.3 Å². The molecule has 2 aromatic heterocycles. The van der Waals surface area contributed by atoms with E-state index in [4.69, 9.17) is 19.1 Å². The number of aromatic nitrogens is 4. The van der Waals surface area contributed by atoms with E-state index >= 15 is 0 Å². The maximum Gasteiger partial charge on any atom is 0.316 e. The quantitative estimate of drug-likeness (QED) is 0.244. The molecule has 8 rings (SSSR count). The number of amides is 3. The topological polar surface area (TPSA) is 199 Å². The van der Waals surface area contributed by atoms with E-state index in [-0.39, 0.29) is 24.9 Å². The monoisotopic (exact) mass is 818 g/mol. The van der Waals surface area contributed by atoms with Crippen molar-refractivity contribution in [3.05, 3.63) is 66.1 Å². The Bertz CT molecular complexity index is 2400. The van der Waals surface area contributed by atoms with Crippen LogP contribution in [0.4, 0.5) is 14.8 Å². The minimum atomic E-state index is -4.13. The van der Waals surface area contributed by atoms with E-state index in [0.29, 0.717) is 53.9 Å². The molecule has 0 spiro atoms. The second kappa shape index (κ2) is 15.0. The Morgan fingerprint density at radius 2 is 1.81 bits per heavy atom. The normalized spacial score (nSPS) is 25.6. The number of anilines is 1. The number of fused-ring (bicyclic) bond motifs is 9. The number of carbonyl (C=O) groups excluding carboxylic acids is 3. The maximum absolute atomic E-state index is 14.8. The van der Waals surface area contributed by atoms with Gasteiger partial charge in [0, 0.05) is 18.4 Å². The van der Waals surface area contributed by atoms with Gasteiger partial charge in [-0.05, 0) is 61.3 Å². The standard InChI is InChI=1S/C40H44F2N8O7S/c1-39(2,3)32-36(52)50-21-24(19-29(50)34(51)46-40(20-26(40)33(41)42)37(53)49-58(54,55)25-16-17-25)56-35-31(43-27-13-7-8-14-28(27)44-35)23-12-9-11-22(18-23)10-5-4-6-15-30-47-48-38(45-32)57-30/h5,7-14,18,24-26,29,32-33H,4,6,15-17,19-21H2,1-3H3,(H,45,48)(H,46,51)(H,49,53)/b10-5+/t24-,26+,29+,32-,40-/m1/s1. The fourth-order valence-electron chi connectivity index (χ4n) is 7.56. The van der Waals surface area contributed by atoms with Crippen molar-refractivity contribution in [3.63, 3.8) is 0 Å². The lowest BCUT2D eigenvalue weighted by atomic mass is 9.85. The van der Waals surface area contributed by atoms with Crippen LogP contribution in [0.3, 0.4) is 0 Å². The molecule has 0 unspecified atom stereocenters. The van der Waals surface area contributed by atoms with Gasteiger partial charge in [0.15, 0.2) is 0 Å². The second-order valence-corrected chi connectivity index (χ2v) is 18.5. The summed E-state index contributed by atoms with van der Waals surface area (Å²) in [6, 6.07) is 12.6. The van der Waals surface area contributed by atoms with Crippen LogP contribution in [-0.2, 0) is 30.8 Å². The molecule has 0 radical (unpaired) electrons. The molecule has 306 valence electrons. The molecule has 58 heavy (non-hydrogen) atoms. The third-order valence-corrected chi connectivity index (χ3v) is 12.8. The zero-order valence-corrected chi connectivity index (χ0v) is 33.0. The summed E-state index contributed by atoms with van der Waals surface area (Å²) in [5.41, 5.74) is 0.203. The van der Waals surface area contributed by atoms with Crippen LogP contribution in [0.15, 0.2) is 59.0 Å². The molecule has 4 aromatic rings. The number of halogens is 2. The highest BCUT2D eigenvalue weighted by Gasteiger charge is 2.67. The maximum atomic E-state index is 14.8. The number of hydrogen-bond donors (Lipinski definition) is 3. The molecule has 2 aliphatic heterocycles. The van der Waals surface area contributed by atoms with E-state index in [9.17, 15) is 31.6 Å². The van der Waals surface area contributed by atoms with Crippen molar-refractivity contribution in [1.29, 1.82) is 0 Å². The number of ether oxygens (including phenoxy) is 1. The Kier molecular flexibility index (Phi) is 10.2. The zero-order chi connectivity index (χ0) is 41.0. The van der Waals surface area contributed by atoms with Gasteiger partial charge in [0.1, 0.15) is 29.4 Å². The first-order chi connectivity index (χ1) is 27.6. The van der Waals surface area contributed by atoms with Gasteiger partial charge >= 0.3 is 6.01 Å². The predicted molar refractivity (Wildman–Crippen MR) is 208 cm³/mol. The van der Waals surface area contributed by atoms with Gasteiger partial charge in [-0.1, -0.05) is 68.4 Å². The molecule has 2 aliphatic carbocycles. The summed E-state index contributed by atoms with van der Waals surface area (Å²) in [6.45, 7) is 5.29. The lowest BCUT2D eigenvalue weighted by molar-refractivity contribution is -0.141. The van der Waals surface area contributed by atoms with Crippen LogP contribution in [0, 0.1) is 11.3 Å². The molecule has 3 amide bonds. The Morgan fingerprint density at radius 3 is 2.52 bits per heavy atom. The summed E-state index contributed by atoms with van der Waals surface area (Å²) in [4.78, 5) is 53.7. The number of allylic oxidation sites excluding steroid dienone is 1. The lowest BCUT2D eigenvalue weighted by Gasteiger charge is -2.35. The molecule has 4 aliphatic rings. The van der Waals surface area contributed by atoms with Gasteiger partial charge < -0.3 is 24.7 Å². The molecule has 15 nitrogen and oxygen atoms in total. The van der Waals surface area contributed by atoms with Gasteiger partial charge in [-0.15, -0.1) is 5.10 Å². The fourth-order valence-corrected chi connectivity index (χ4v) is 8.92. The Morgan fingerprint density at radius 1 is 1.05 bits per heavy atom. The largest absolute Gasteiger partial charge is 0.471 e. The molecule has 3 N–H and O–H groups in total. The first kappa shape index (κ1) is 39.3. The van der Waals surface area contributed by atoms with Crippen molar-refractivity contribution in [3.8, 4) is 17.1 Å². The van der Waals surface area contributed by atoms with E-state index in [1.165, 1.54) is 4.90 Å². The Hall–Kier alpha value is -5.52. The number of benzene rings is 2. The van der Waals surface area contributed by atoms with Crippen molar-refractivity contribution < 1.29 is 40.7 Å². The molecule has 5 atom stereocenters. The molecular formula is C40H44F2N8O7S. The highest BCUT2D eigenvalue weighted by molar-refractivity contribution is 7.91. The summed E-state index contributed by atoms with van der Waals surface area (Å²) in [7, 11) is -4.13. The minimum Gasteiger partial charge on any atom is -0.471 e. The number of rotatable bonds is 6. The second-order valence-electron chi connectivity index (χ2n) is 16.5. The highest BCUT2D eigenvalue weighted by Crippen LogP contribution is 2.48. The van der Waals surface area contributed by atoms with Crippen molar-refractivity contribution in [2.45, 2.75) is 101 Å². The zero-order valence-electron chi connectivity index (χ0n) is 32.2. The SMILES string of the molecule is CC(C)(C)[C@@H]1Nc2nnc(o2)CCC/C=C/c2cccc(c2)-c2nc3ccccc3nc2O[C@@H]2C[C@@H](C(=O)N[C@]3(C(=O)NS(=O)(=O)C4CC4)C[C@H]3C(F)F)N(C2)C1=O. The van der Waals surface area contributed by atoms with Crippen LogP contribution in [0.25, 0.3) is 28.4 Å². The van der Waals surface area contributed by atoms with Crippen LogP contribution >= 0.6 is 0 Å². The molecular weight excluding hydrogens is 775 g/mol. The van der Waals surface area contributed by atoms with Gasteiger partial charge in [0.25, 0.3) is 5.91 Å². The van der Waals surface area contributed by atoms with Crippen molar-refractivity contribution >= 4 is 50.9 Å². The number of hydrogen-bond acceptors (Lipinski definition) is 12. The van der Waals surface area contributed by atoms with Crippen LogP contribution in [-0.4, -0.2) is 93.2 Å². The average molecular weight is 819 g/mol. The summed E-state index contributed by atoms with van der Waals surface area (Å²) >= 11 is 0. The molecule has 3 fully saturated rings. The summed E-state index contributed by atoms with van der Waals surface area (Å²) in [5, 5.41) is 13.0. The number of carbonyl (C=O) groups is 3. The smallest absolute Gasteiger partial charge is 0.316 e. The number of alkyl halides is 2. The van der Waals surface area contributed by atoms with E-state index in [1.807, 2.05) is 80.1 Å². The van der Waals surface area contributed by atoms with Crippen LogP contribution in [0.2, 0.25) is 0 Å². The van der Waals surface area contributed by atoms with E-state index in [0.717, 1.165) is 12.0 Å². The lowest BCUT2D eigenvalue weighted by Crippen LogP contribution is -2.59. The van der Waals surface area contributed by atoms with E-state index in [1.54, 1.807) is 6.07 Å². The summed E-state index contributed by atoms with van der Waals surface area (Å²) in [5.74, 6) is -3.84. The number of nitrogens with one attached hydrogen (secondary N) is 3. The highest BCUT2D eigenvalue weighted by atomic mass is 32.2. The first-order valence-corrected chi connectivity index (χ1v) is 20.9. The first-order valence-electron chi connectivity index (χ1n) is 19.4. The third kappa shape index (κ3) is 7.98. The molecule has 18 heteroatoms. The summed E-state index contributed by atoms with van der Waals surface area (Å²) < 4.78 is 68.3.